The van der Waals surface area contributed by atoms with Crippen LogP contribution in [0.3, 0.4) is 0 Å². The summed E-state index contributed by atoms with van der Waals surface area (Å²) in [6, 6.07) is 16.7. The average Bonchev–Trinajstić information content (AvgIpc) is 2.68. The average molecular weight is 359 g/mol. The zero-order valence-corrected chi connectivity index (χ0v) is 15.0. The minimum Gasteiger partial charge on any atom is -0.399 e. The lowest BCUT2D eigenvalue weighted by Gasteiger charge is -2.32. The highest BCUT2D eigenvalue weighted by Crippen LogP contribution is 2.36. The first-order chi connectivity index (χ1) is 10.3. The third-order valence-corrected chi connectivity index (χ3v) is 5.14. The van der Waals surface area contributed by atoms with E-state index >= 15 is 0 Å². The molecule has 1 aliphatic heterocycles. The van der Waals surface area contributed by atoms with Gasteiger partial charge in [-0.25, -0.2) is 0 Å². The zero-order chi connectivity index (χ0) is 16.0. The van der Waals surface area contributed by atoms with E-state index in [9.17, 15) is 0 Å². The van der Waals surface area contributed by atoms with E-state index in [0.29, 0.717) is 0 Å². The Labute approximate surface area is 141 Å². The second kappa shape index (κ2) is 5.52. The number of benzene rings is 2. The molecule has 0 spiro atoms. The molecule has 0 N–H and O–H groups in total. The molecule has 1 fully saturated rings. The van der Waals surface area contributed by atoms with Crippen molar-refractivity contribution < 1.29 is 9.31 Å². The van der Waals surface area contributed by atoms with Crippen LogP contribution in [0.1, 0.15) is 27.7 Å². The van der Waals surface area contributed by atoms with Gasteiger partial charge < -0.3 is 9.31 Å². The Balaban J connectivity index is 1.82. The first-order valence-corrected chi connectivity index (χ1v) is 8.29. The standard InChI is InChI=1S/C18H20BBrO2/c1-17(2)18(3,4)22-19(21-17)15-9-5-13(6-10-15)14-7-11-16(20)12-8-14/h5-12H,1-4H3. The maximum Gasteiger partial charge on any atom is 0.494 e. The highest BCUT2D eigenvalue weighted by Gasteiger charge is 2.51. The number of rotatable bonds is 2. The van der Waals surface area contributed by atoms with Crippen molar-refractivity contribution in [1.82, 2.24) is 0 Å². The predicted octanol–water partition coefficient (Wildman–Crippen LogP) is 4.42. The summed E-state index contributed by atoms with van der Waals surface area (Å²) >= 11 is 3.46. The van der Waals surface area contributed by atoms with Crippen LogP contribution in [-0.2, 0) is 9.31 Å². The van der Waals surface area contributed by atoms with Gasteiger partial charge in [0.2, 0.25) is 0 Å². The van der Waals surface area contributed by atoms with Crippen LogP contribution in [0.25, 0.3) is 11.1 Å². The molecule has 0 unspecified atom stereocenters. The first-order valence-electron chi connectivity index (χ1n) is 7.50. The summed E-state index contributed by atoms with van der Waals surface area (Å²) in [4.78, 5) is 0. The summed E-state index contributed by atoms with van der Waals surface area (Å²) in [6.07, 6.45) is 0. The third-order valence-electron chi connectivity index (χ3n) is 4.61. The fourth-order valence-corrected chi connectivity index (χ4v) is 2.72. The van der Waals surface area contributed by atoms with Crippen molar-refractivity contribution in [2.75, 3.05) is 0 Å². The van der Waals surface area contributed by atoms with E-state index in [1.54, 1.807) is 0 Å². The molecule has 22 heavy (non-hydrogen) atoms. The normalized spacial score (nSPS) is 19.4. The van der Waals surface area contributed by atoms with E-state index in [2.05, 4.69) is 92.2 Å². The SMILES string of the molecule is CC1(C)OB(c2ccc(-c3ccc(Br)cc3)cc2)OC1(C)C. The topological polar surface area (TPSA) is 18.5 Å². The van der Waals surface area contributed by atoms with Gasteiger partial charge in [0.05, 0.1) is 11.2 Å². The molecule has 4 heteroatoms. The summed E-state index contributed by atoms with van der Waals surface area (Å²) in [5.74, 6) is 0. The molecule has 1 saturated heterocycles. The van der Waals surface area contributed by atoms with Crippen LogP contribution in [0.4, 0.5) is 0 Å². The summed E-state index contributed by atoms with van der Waals surface area (Å²) < 4.78 is 13.3. The van der Waals surface area contributed by atoms with Crippen molar-refractivity contribution in [2.24, 2.45) is 0 Å². The van der Waals surface area contributed by atoms with E-state index in [1.165, 1.54) is 11.1 Å². The van der Waals surface area contributed by atoms with Crippen LogP contribution >= 0.6 is 15.9 Å². The van der Waals surface area contributed by atoms with Crippen LogP contribution in [-0.4, -0.2) is 18.3 Å². The van der Waals surface area contributed by atoms with Crippen LogP contribution in [0.5, 0.6) is 0 Å². The Hall–Kier alpha value is -1.10. The second-order valence-corrected chi connectivity index (χ2v) is 7.63. The molecule has 0 bridgehead atoms. The maximum atomic E-state index is 6.08. The molecule has 114 valence electrons. The minimum atomic E-state index is -0.304. The van der Waals surface area contributed by atoms with E-state index in [4.69, 9.17) is 9.31 Å². The lowest BCUT2D eigenvalue weighted by molar-refractivity contribution is 0.00578. The number of hydrogen-bond donors (Lipinski definition) is 0. The Morgan fingerprint density at radius 3 is 1.59 bits per heavy atom. The Kier molecular flexibility index (Phi) is 3.96. The predicted molar refractivity (Wildman–Crippen MR) is 95.3 cm³/mol. The maximum absolute atomic E-state index is 6.08. The van der Waals surface area contributed by atoms with E-state index < -0.39 is 0 Å². The van der Waals surface area contributed by atoms with Crippen molar-refractivity contribution >= 4 is 28.5 Å². The molecule has 0 saturated carbocycles. The lowest BCUT2D eigenvalue weighted by atomic mass is 9.78. The highest BCUT2D eigenvalue weighted by atomic mass is 79.9. The second-order valence-electron chi connectivity index (χ2n) is 6.72. The van der Waals surface area contributed by atoms with Crippen LogP contribution in [0.15, 0.2) is 53.0 Å². The molecule has 1 heterocycles. The lowest BCUT2D eigenvalue weighted by Crippen LogP contribution is -2.41. The number of halogens is 1. The molecule has 2 nitrogen and oxygen atoms in total. The van der Waals surface area contributed by atoms with Gasteiger partial charge in [0.25, 0.3) is 0 Å². The first kappa shape index (κ1) is 15.8. The van der Waals surface area contributed by atoms with Gasteiger partial charge in [-0.1, -0.05) is 52.3 Å². The van der Waals surface area contributed by atoms with Crippen LogP contribution < -0.4 is 5.46 Å². The van der Waals surface area contributed by atoms with Crippen molar-refractivity contribution in [3.8, 4) is 11.1 Å². The molecule has 0 amide bonds. The number of hydrogen-bond acceptors (Lipinski definition) is 2. The Morgan fingerprint density at radius 2 is 1.14 bits per heavy atom. The van der Waals surface area contributed by atoms with Crippen LogP contribution in [0, 0.1) is 0 Å². The summed E-state index contributed by atoms with van der Waals surface area (Å²) in [6.45, 7) is 8.29. The molecule has 3 rings (SSSR count). The third kappa shape index (κ3) is 2.88. The van der Waals surface area contributed by atoms with Gasteiger partial charge in [-0.3, -0.25) is 0 Å². The van der Waals surface area contributed by atoms with Crippen LogP contribution in [0.2, 0.25) is 0 Å². The molecule has 0 aromatic heterocycles. The summed E-state index contributed by atoms with van der Waals surface area (Å²) in [7, 11) is -0.302. The van der Waals surface area contributed by atoms with E-state index in [0.717, 1.165) is 9.94 Å². The Morgan fingerprint density at radius 1 is 0.727 bits per heavy atom. The Bertz CT molecular complexity index is 646. The van der Waals surface area contributed by atoms with E-state index in [1.807, 2.05) is 0 Å². The van der Waals surface area contributed by atoms with Gasteiger partial charge >= 0.3 is 7.12 Å². The van der Waals surface area contributed by atoms with Gasteiger partial charge in [-0.05, 0) is 56.4 Å². The molecule has 2 aromatic rings. The fraction of sp³-hybridized carbons (Fsp3) is 0.333. The monoisotopic (exact) mass is 358 g/mol. The highest BCUT2D eigenvalue weighted by molar-refractivity contribution is 9.10. The molecule has 1 aliphatic rings. The smallest absolute Gasteiger partial charge is 0.399 e. The van der Waals surface area contributed by atoms with Crippen molar-refractivity contribution in [3.63, 3.8) is 0 Å². The minimum absolute atomic E-state index is 0.302. The zero-order valence-electron chi connectivity index (χ0n) is 13.4. The summed E-state index contributed by atoms with van der Waals surface area (Å²) in [5.41, 5.74) is 2.83. The molecular weight excluding hydrogens is 339 g/mol. The molecule has 0 aliphatic carbocycles. The summed E-state index contributed by atoms with van der Waals surface area (Å²) in [5, 5.41) is 0. The quantitative estimate of drug-likeness (QED) is 0.740. The molecular formula is C18H20BBrO2. The van der Waals surface area contributed by atoms with Crippen molar-refractivity contribution in [1.29, 1.82) is 0 Å². The van der Waals surface area contributed by atoms with Gasteiger partial charge in [0, 0.05) is 4.47 Å². The fourth-order valence-electron chi connectivity index (χ4n) is 2.45. The van der Waals surface area contributed by atoms with Gasteiger partial charge in [-0.2, -0.15) is 0 Å². The van der Waals surface area contributed by atoms with E-state index in [-0.39, 0.29) is 18.3 Å². The largest absolute Gasteiger partial charge is 0.494 e. The van der Waals surface area contributed by atoms with Gasteiger partial charge in [0.15, 0.2) is 0 Å². The van der Waals surface area contributed by atoms with Gasteiger partial charge in [0.1, 0.15) is 0 Å². The molecule has 2 aromatic carbocycles. The van der Waals surface area contributed by atoms with Crippen molar-refractivity contribution in [3.05, 3.63) is 53.0 Å². The van der Waals surface area contributed by atoms with Crippen molar-refractivity contribution in [2.45, 2.75) is 38.9 Å². The molecule has 0 radical (unpaired) electrons. The molecule has 0 atom stereocenters. The van der Waals surface area contributed by atoms with Gasteiger partial charge in [-0.15, -0.1) is 0 Å².